The molecule has 1 rings (SSSR count). The minimum atomic E-state index is -1.23. The van der Waals surface area contributed by atoms with Gasteiger partial charge in [0.25, 0.3) is 0 Å². The van der Waals surface area contributed by atoms with Gasteiger partial charge in [0.2, 0.25) is 0 Å². The van der Waals surface area contributed by atoms with Crippen LogP contribution in [0.2, 0.25) is 0 Å². The lowest BCUT2D eigenvalue weighted by molar-refractivity contribution is 0.0698. The van der Waals surface area contributed by atoms with Gasteiger partial charge in [-0.2, -0.15) is 11.8 Å². The van der Waals surface area contributed by atoms with E-state index in [4.69, 9.17) is 5.11 Å². The lowest BCUT2D eigenvalue weighted by Gasteiger charge is -2.17. The Morgan fingerprint density at radius 2 is 2.15 bits per heavy atom. The normalized spacial score (nSPS) is 11.8. The molecule has 5 nitrogen and oxygen atoms in total. The molecule has 1 aromatic rings. The molecule has 0 fully saturated rings. The number of benzene rings is 1. The molecule has 0 saturated carbocycles. The van der Waals surface area contributed by atoms with Crippen LogP contribution in [0.15, 0.2) is 18.2 Å². The fourth-order valence-corrected chi connectivity index (χ4v) is 2.33. The summed E-state index contributed by atoms with van der Waals surface area (Å²) in [5.74, 6) is -1.09. The molecule has 0 radical (unpaired) electrons. The number of rotatable bonds is 6. The average Bonchev–Trinajstić information content (AvgIpc) is 2.37. The Hall–Kier alpha value is -1.76. The van der Waals surface area contributed by atoms with E-state index in [-0.39, 0.29) is 17.3 Å². The number of hydrogen-bond donors (Lipinski definition) is 3. The van der Waals surface area contributed by atoms with Gasteiger partial charge in [0, 0.05) is 11.8 Å². The molecular weight excluding hydrogens is 283 g/mol. The van der Waals surface area contributed by atoms with Crippen molar-refractivity contribution in [2.45, 2.75) is 19.4 Å². The van der Waals surface area contributed by atoms with Crippen molar-refractivity contribution >= 4 is 29.4 Å². The number of aromatic carboxylic acids is 1. The van der Waals surface area contributed by atoms with Crippen LogP contribution in [0.4, 0.5) is 14.9 Å². The van der Waals surface area contributed by atoms with Crippen molar-refractivity contribution in [3.63, 3.8) is 0 Å². The molecule has 7 heteroatoms. The number of amides is 2. The molecule has 0 bridgehead atoms. The summed E-state index contributed by atoms with van der Waals surface area (Å²) in [7, 11) is 0. The van der Waals surface area contributed by atoms with Gasteiger partial charge in [-0.3, -0.25) is 0 Å². The summed E-state index contributed by atoms with van der Waals surface area (Å²) < 4.78 is 13.1. The van der Waals surface area contributed by atoms with Gasteiger partial charge in [-0.05, 0) is 30.9 Å². The van der Waals surface area contributed by atoms with E-state index >= 15 is 0 Å². The first-order chi connectivity index (χ1) is 9.47. The number of hydrogen-bond acceptors (Lipinski definition) is 3. The van der Waals surface area contributed by atoms with E-state index in [2.05, 4.69) is 10.6 Å². The lowest BCUT2D eigenvalue weighted by atomic mass is 10.1. The van der Waals surface area contributed by atoms with E-state index < -0.39 is 17.8 Å². The molecule has 110 valence electrons. The maximum Gasteiger partial charge on any atom is 0.337 e. The molecular formula is C13H17FN2O3S. The molecule has 1 aromatic carbocycles. The quantitative estimate of drug-likeness (QED) is 0.755. The monoisotopic (exact) mass is 300 g/mol. The highest BCUT2D eigenvalue weighted by Crippen LogP contribution is 2.17. The molecule has 0 spiro atoms. The third kappa shape index (κ3) is 4.73. The van der Waals surface area contributed by atoms with Crippen molar-refractivity contribution in [3.05, 3.63) is 29.6 Å². The summed E-state index contributed by atoms with van der Waals surface area (Å²) in [6, 6.07) is 2.57. The molecule has 3 N–H and O–H groups in total. The topological polar surface area (TPSA) is 78.4 Å². The van der Waals surface area contributed by atoms with E-state index in [9.17, 15) is 14.0 Å². The van der Waals surface area contributed by atoms with Crippen LogP contribution in [0.3, 0.4) is 0 Å². The molecule has 1 atom stereocenters. The third-order valence-electron chi connectivity index (χ3n) is 2.66. The first-order valence-corrected chi connectivity index (χ1v) is 7.46. The number of anilines is 1. The predicted molar refractivity (Wildman–Crippen MR) is 78.0 cm³/mol. The summed E-state index contributed by atoms with van der Waals surface area (Å²) in [6.07, 6.45) is 2.68. The maximum absolute atomic E-state index is 13.1. The predicted octanol–water partition coefficient (Wildman–Crippen LogP) is 2.79. The van der Waals surface area contributed by atoms with Crippen LogP contribution in [-0.2, 0) is 0 Å². The number of nitrogens with one attached hydrogen (secondary N) is 2. The van der Waals surface area contributed by atoms with E-state index in [1.165, 1.54) is 0 Å². The average molecular weight is 300 g/mol. The van der Waals surface area contributed by atoms with Crippen molar-refractivity contribution in [3.8, 4) is 0 Å². The number of carboxylic acids is 1. The Kier molecular flexibility index (Phi) is 6.30. The minimum Gasteiger partial charge on any atom is -0.478 e. The van der Waals surface area contributed by atoms with Crippen molar-refractivity contribution in [1.82, 2.24) is 5.32 Å². The fourth-order valence-electron chi connectivity index (χ4n) is 1.61. The number of urea groups is 1. The fraction of sp³-hybridized carbons (Fsp3) is 0.385. The van der Waals surface area contributed by atoms with Gasteiger partial charge in [0.05, 0.1) is 11.3 Å². The zero-order valence-electron chi connectivity index (χ0n) is 11.3. The van der Waals surface area contributed by atoms with E-state index in [1.54, 1.807) is 11.8 Å². The molecule has 2 amide bonds. The van der Waals surface area contributed by atoms with Crippen molar-refractivity contribution in [2.75, 3.05) is 17.3 Å². The Morgan fingerprint density at radius 3 is 2.70 bits per heavy atom. The third-order valence-corrected chi connectivity index (χ3v) is 3.39. The zero-order valence-corrected chi connectivity index (χ0v) is 12.1. The number of carboxylic acid groups (broad SMARTS) is 1. The van der Waals surface area contributed by atoms with Crippen LogP contribution in [0, 0.1) is 5.82 Å². The Balaban J connectivity index is 2.79. The van der Waals surface area contributed by atoms with Gasteiger partial charge in [0.1, 0.15) is 5.82 Å². The summed E-state index contributed by atoms with van der Waals surface area (Å²) in [5, 5.41) is 14.1. The smallest absolute Gasteiger partial charge is 0.337 e. The van der Waals surface area contributed by atoms with Gasteiger partial charge in [-0.1, -0.05) is 6.92 Å². The standard InChI is InChI=1S/C13H17FN2O3S/c1-3-9(7-20-2)15-13(19)16-11-6-8(14)4-5-10(11)12(17)18/h4-6,9H,3,7H2,1-2H3,(H,17,18)(H2,15,16,19). The van der Waals surface area contributed by atoms with Crippen LogP contribution < -0.4 is 10.6 Å². The van der Waals surface area contributed by atoms with E-state index in [0.717, 1.165) is 30.4 Å². The van der Waals surface area contributed by atoms with Gasteiger partial charge in [-0.25, -0.2) is 14.0 Å². The molecule has 0 aliphatic heterocycles. The summed E-state index contributed by atoms with van der Waals surface area (Å²) in [4.78, 5) is 22.8. The van der Waals surface area contributed by atoms with Crippen molar-refractivity contribution in [2.24, 2.45) is 0 Å². The van der Waals surface area contributed by atoms with Crippen molar-refractivity contribution in [1.29, 1.82) is 0 Å². The number of halogens is 1. The number of carbonyl (C=O) groups is 2. The second-order valence-corrected chi connectivity index (χ2v) is 5.06. The molecule has 0 saturated heterocycles. The largest absolute Gasteiger partial charge is 0.478 e. The highest BCUT2D eigenvalue weighted by Gasteiger charge is 2.15. The molecule has 0 aliphatic carbocycles. The van der Waals surface area contributed by atoms with Crippen LogP contribution in [0.1, 0.15) is 23.7 Å². The molecule has 0 aliphatic rings. The first-order valence-electron chi connectivity index (χ1n) is 6.07. The van der Waals surface area contributed by atoms with Gasteiger partial charge in [-0.15, -0.1) is 0 Å². The summed E-state index contributed by atoms with van der Waals surface area (Å²) >= 11 is 1.60. The number of carbonyl (C=O) groups excluding carboxylic acids is 1. The van der Waals surface area contributed by atoms with E-state index in [0.29, 0.717) is 0 Å². The molecule has 0 heterocycles. The SMILES string of the molecule is CCC(CSC)NC(=O)Nc1cc(F)ccc1C(=O)O. The second-order valence-electron chi connectivity index (χ2n) is 4.15. The Labute approximate surface area is 120 Å². The maximum atomic E-state index is 13.1. The number of thioether (sulfide) groups is 1. The van der Waals surface area contributed by atoms with Crippen LogP contribution >= 0.6 is 11.8 Å². The van der Waals surface area contributed by atoms with Crippen LogP contribution in [0.25, 0.3) is 0 Å². The highest BCUT2D eigenvalue weighted by molar-refractivity contribution is 7.98. The highest BCUT2D eigenvalue weighted by atomic mass is 32.2. The van der Waals surface area contributed by atoms with Crippen LogP contribution in [0.5, 0.6) is 0 Å². The first kappa shape index (κ1) is 16.3. The van der Waals surface area contributed by atoms with E-state index in [1.807, 2.05) is 13.2 Å². The van der Waals surface area contributed by atoms with Crippen LogP contribution in [-0.4, -0.2) is 35.2 Å². The molecule has 1 unspecified atom stereocenters. The summed E-state index contributed by atoms with van der Waals surface area (Å²) in [6.45, 7) is 1.94. The minimum absolute atomic E-state index is 0.0214. The summed E-state index contributed by atoms with van der Waals surface area (Å²) in [5.41, 5.74) is -0.214. The molecule has 20 heavy (non-hydrogen) atoms. The van der Waals surface area contributed by atoms with Gasteiger partial charge >= 0.3 is 12.0 Å². The Bertz CT molecular complexity index is 497. The lowest BCUT2D eigenvalue weighted by Crippen LogP contribution is -2.39. The zero-order chi connectivity index (χ0) is 15.1. The van der Waals surface area contributed by atoms with Gasteiger partial charge in [0.15, 0.2) is 0 Å². The molecule has 0 aromatic heterocycles. The van der Waals surface area contributed by atoms with Gasteiger partial charge < -0.3 is 15.7 Å². The Morgan fingerprint density at radius 1 is 1.45 bits per heavy atom. The van der Waals surface area contributed by atoms with Crippen molar-refractivity contribution < 1.29 is 19.1 Å². The second kappa shape index (κ2) is 7.74.